The molecule has 0 amide bonds. The van der Waals surface area contributed by atoms with E-state index >= 15 is 0 Å². The molecule has 5 heteroatoms. The average molecular weight is 261 g/mol. The van der Waals surface area contributed by atoms with E-state index in [1.165, 1.54) is 22.5 Å². The first-order chi connectivity index (χ1) is 8.86. The number of hydrogen-bond donors (Lipinski definition) is 1. The summed E-state index contributed by atoms with van der Waals surface area (Å²) in [6, 6.07) is 8.46. The maximum atomic E-state index is 5.95. The van der Waals surface area contributed by atoms with Crippen molar-refractivity contribution in [2.45, 2.75) is 31.9 Å². The van der Waals surface area contributed by atoms with Crippen LogP contribution < -0.4 is 10.5 Å². The van der Waals surface area contributed by atoms with Gasteiger partial charge in [0.1, 0.15) is 11.1 Å². The van der Waals surface area contributed by atoms with Gasteiger partial charge in [0, 0.05) is 6.54 Å². The fourth-order valence-electron chi connectivity index (χ4n) is 2.32. The van der Waals surface area contributed by atoms with E-state index in [-0.39, 0.29) is 6.10 Å². The zero-order valence-electron chi connectivity index (χ0n) is 10.0. The third-order valence-electron chi connectivity index (χ3n) is 3.18. The van der Waals surface area contributed by atoms with Crippen LogP contribution in [0.4, 0.5) is 0 Å². The topological polar surface area (TPSA) is 61.0 Å². The van der Waals surface area contributed by atoms with Crippen molar-refractivity contribution in [3.8, 4) is 5.19 Å². The van der Waals surface area contributed by atoms with E-state index in [0.717, 1.165) is 24.3 Å². The molecule has 0 saturated heterocycles. The molecule has 0 bridgehead atoms. The van der Waals surface area contributed by atoms with Crippen LogP contribution in [0.1, 0.15) is 35.1 Å². The van der Waals surface area contributed by atoms with E-state index in [4.69, 9.17) is 10.5 Å². The van der Waals surface area contributed by atoms with E-state index in [0.29, 0.717) is 11.7 Å². The summed E-state index contributed by atoms with van der Waals surface area (Å²) in [5, 5.41) is 9.43. The Bertz CT molecular complexity index is 541. The van der Waals surface area contributed by atoms with Crippen molar-refractivity contribution in [2.75, 3.05) is 0 Å². The molecule has 0 aliphatic heterocycles. The first-order valence-corrected chi connectivity index (χ1v) is 6.95. The van der Waals surface area contributed by atoms with Gasteiger partial charge in [0.2, 0.25) is 0 Å². The van der Waals surface area contributed by atoms with Gasteiger partial charge in [-0.15, -0.1) is 5.10 Å². The Morgan fingerprint density at radius 1 is 1.33 bits per heavy atom. The quantitative estimate of drug-likeness (QED) is 0.922. The minimum absolute atomic E-state index is 0.105. The average Bonchev–Trinajstić information content (AvgIpc) is 2.87. The predicted molar refractivity (Wildman–Crippen MR) is 70.5 cm³/mol. The largest absolute Gasteiger partial charge is 0.461 e. The lowest BCUT2D eigenvalue weighted by atomic mass is 9.89. The number of fused-ring (bicyclic) bond motifs is 1. The van der Waals surface area contributed by atoms with Gasteiger partial charge in [-0.2, -0.15) is 0 Å². The molecule has 94 valence electrons. The molecule has 0 fully saturated rings. The van der Waals surface area contributed by atoms with Gasteiger partial charge in [0.15, 0.2) is 0 Å². The van der Waals surface area contributed by atoms with E-state index in [1.54, 1.807) is 0 Å². The number of benzene rings is 1. The molecular weight excluding hydrogens is 246 g/mol. The van der Waals surface area contributed by atoms with Crippen LogP contribution >= 0.6 is 11.3 Å². The summed E-state index contributed by atoms with van der Waals surface area (Å²) in [5.74, 6) is 0. The zero-order valence-corrected chi connectivity index (χ0v) is 10.8. The second-order valence-electron chi connectivity index (χ2n) is 4.36. The summed E-state index contributed by atoms with van der Waals surface area (Å²) in [6.07, 6.45) is 3.44. The van der Waals surface area contributed by atoms with Gasteiger partial charge < -0.3 is 10.5 Å². The van der Waals surface area contributed by atoms with Gasteiger partial charge >= 0.3 is 0 Å². The van der Waals surface area contributed by atoms with Crippen LogP contribution in [0.2, 0.25) is 0 Å². The first-order valence-electron chi connectivity index (χ1n) is 6.13. The summed E-state index contributed by atoms with van der Waals surface area (Å²) >= 11 is 1.43. The van der Waals surface area contributed by atoms with Crippen molar-refractivity contribution >= 4 is 11.3 Å². The minimum Gasteiger partial charge on any atom is -0.461 e. The Morgan fingerprint density at radius 3 is 3.06 bits per heavy atom. The maximum Gasteiger partial charge on any atom is 0.294 e. The highest BCUT2D eigenvalue weighted by atomic mass is 32.1. The molecule has 1 unspecified atom stereocenters. The smallest absolute Gasteiger partial charge is 0.294 e. The lowest BCUT2D eigenvalue weighted by Crippen LogP contribution is -2.15. The highest BCUT2D eigenvalue weighted by molar-refractivity contribution is 7.13. The second-order valence-corrected chi connectivity index (χ2v) is 5.39. The van der Waals surface area contributed by atoms with Crippen LogP contribution in [0, 0.1) is 0 Å². The maximum absolute atomic E-state index is 5.95. The molecule has 1 atom stereocenters. The van der Waals surface area contributed by atoms with E-state index in [1.807, 2.05) is 0 Å². The second kappa shape index (κ2) is 5.04. The number of nitrogens with two attached hydrogens (primary N) is 1. The molecule has 0 radical (unpaired) electrons. The van der Waals surface area contributed by atoms with Crippen molar-refractivity contribution in [1.29, 1.82) is 0 Å². The number of ether oxygens (including phenoxy) is 1. The molecular formula is C13H15N3OS. The van der Waals surface area contributed by atoms with Crippen LogP contribution in [0.3, 0.4) is 0 Å². The molecule has 1 aliphatic carbocycles. The van der Waals surface area contributed by atoms with Crippen molar-refractivity contribution in [3.63, 3.8) is 0 Å². The highest BCUT2D eigenvalue weighted by Gasteiger charge is 2.22. The number of nitrogens with zero attached hydrogens (tertiary/aromatic N) is 2. The van der Waals surface area contributed by atoms with E-state index in [9.17, 15) is 0 Å². The summed E-state index contributed by atoms with van der Waals surface area (Å²) in [7, 11) is 0. The minimum atomic E-state index is 0.105. The van der Waals surface area contributed by atoms with Crippen LogP contribution in [0.25, 0.3) is 0 Å². The Labute approximate surface area is 110 Å². The molecule has 18 heavy (non-hydrogen) atoms. The number of rotatable bonds is 3. The highest BCUT2D eigenvalue weighted by Crippen LogP contribution is 2.34. The fraction of sp³-hybridized carbons (Fsp3) is 0.385. The SMILES string of the molecule is NCc1nnc(OC2CCCc3ccccc32)s1. The van der Waals surface area contributed by atoms with Gasteiger partial charge in [0.05, 0.1) is 0 Å². The number of hydrogen-bond acceptors (Lipinski definition) is 5. The molecule has 3 rings (SSSR count). The Hall–Kier alpha value is -1.46. The molecule has 2 aromatic rings. The fourth-order valence-corrected chi connectivity index (χ4v) is 2.93. The number of aryl methyl sites for hydroxylation is 1. The summed E-state index contributed by atoms with van der Waals surface area (Å²) in [6.45, 7) is 0.419. The first kappa shape index (κ1) is 11.6. The third kappa shape index (κ3) is 2.23. The molecule has 0 spiro atoms. The molecule has 4 nitrogen and oxygen atoms in total. The molecule has 2 N–H and O–H groups in total. The van der Waals surface area contributed by atoms with Crippen LogP contribution in [-0.4, -0.2) is 10.2 Å². The summed E-state index contributed by atoms with van der Waals surface area (Å²) in [4.78, 5) is 0. The monoisotopic (exact) mass is 261 g/mol. The van der Waals surface area contributed by atoms with Crippen molar-refractivity contribution < 1.29 is 4.74 Å². The lowest BCUT2D eigenvalue weighted by molar-refractivity contribution is 0.181. The standard InChI is InChI=1S/C13H15N3OS/c14-8-12-15-16-13(18-12)17-11-7-3-5-9-4-1-2-6-10(9)11/h1-2,4,6,11H,3,5,7-8,14H2. The van der Waals surface area contributed by atoms with Crippen molar-refractivity contribution in [2.24, 2.45) is 5.73 Å². The van der Waals surface area contributed by atoms with Gasteiger partial charge in [0.25, 0.3) is 5.19 Å². The normalized spacial score (nSPS) is 18.4. The molecule has 1 aliphatic rings. The third-order valence-corrected chi connectivity index (χ3v) is 4.02. The lowest BCUT2D eigenvalue weighted by Gasteiger charge is -2.24. The summed E-state index contributed by atoms with van der Waals surface area (Å²) < 4.78 is 5.95. The Morgan fingerprint density at radius 2 is 2.22 bits per heavy atom. The van der Waals surface area contributed by atoms with Crippen molar-refractivity contribution in [3.05, 3.63) is 40.4 Å². The van der Waals surface area contributed by atoms with Crippen LogP contribution in [0.15, 0.2) is 24.3 Å². The molecule has 1 aromatic carbocycles. The van der Waals surface area contributed by atoms with Gasteiger partial charge in [-0.1, -0.05) is 40.7 Å². The molecule has 1 heterocycles. The van der Waals surface area contributed by atoms with Crippen molar-refractivity contribution in [1.82, 2.24) is 10.2 Å². The summed E-state index contributed by atoms with van der Waals surface area (Å²) in [5.41, 5.74) is 8.20. The van der Waals surface area contributed by atoms with Gasteiger partial charge in [-0.25, -0.2) is 0 Å². The Balaban J connectivity index is 1.81. The van der Waals surface area contributed by atoms with Gasteiger partial charge in [-0.3, -0.25) is 0 Å². The predicted octanol–water partition coefficient (Wildman–Crippen LogP) is 2.45. The van der Waals surface area contributed by atoms with E-state index < -0.39 is 0 Å². The molecule has 1 aromatic heterocycles. The number of aromatic nitrogens is 2. The zero-order chi connectivity index (χ0) is 12.4. The Kier molecular flexibility index (Phi) is 3.25. The van der Waals surface area contributed by atoms with E-state index in [2.05, 4.69) is 34.5 Å². The molecule has 0 saturated carbocycles. The van der Waals surface area contributed by atoms with Crippen LogP contribution in [-0.2, 0) is 13.0 Å². The van der Waals surface area contributed by atoms with Gasteiger partial charge in [-0.05, 0) is 30.4 Å². The van der Waals surface area contributed by atoms with Crippen LogP contribution in [0.5, 0.6) is 5.19 Å².